The molecule has 0 radical (unpaired) electrons. The summed E-state index contributed by atoms with van der Waals surface area (Å²) >= 11 is 0. The van der Waals surface area contributed by atoms with Crippen LogP contribution in [0.15, 0.2) is 0 Å². The second-order valence-electron chi connectivity index (χ2n) is 10.1. The molecular formula is C21H33NO3. The Kier molecular flexibility index (Phi) is 3.77. The molecule has 4 nitrogen and oxygen atoms in total. The molecule has 7 atom stereocenters. The highest BCUT2D eigenvalue weighted by molar-refractivity contribution is 5.75. The van der Waals surface area contributed by atoms with Crippen LogP contribution >= 0.6 is 0 Å². The van der Waals surface area contributed by atoms with Crippen LogP contribution in [0.3, 0.4) is 0 Å². The molecule has 3 heterocycles. The first-order valence-electron chi connectivity index (χ1n) is 10.6. The highest BCUT2D eigenvalue weighted by Gasteiger charge is 2.65. The molecule has 0 amide bonds. The van der Waals surface area contributed by atoms with Gasteiger partial charge in [-0.25, -0.2) is 0 Å². The highest BCUT2D eigenvalue weighted by Crippen LogP contribution is 2.62. The van der Waals surface area contributed by atoms with Crippen LogP contribution in [0.2, 0.25) is 0 Å². The van der Waals surface area contributed by atoms with Gasteiger partial charge in [0.2, 0.25) is 0 Å². The van der Waals surface area contributed by atoms with Crippen LogP contribution in [-0.2, 0) is 14.3 Å². The quantitative estimate of drug-likeness (QED) is 0.568. The molecule has 3 saturated heterocycles. The molecule has 1 spiro atoms. The van der Waals surface area contributed by atoms with Gasteiger partial charge in [-0.05, 0) is 68.7 Å². The topological polar surface area (TPSA) is 42.1 Å². The summed E-state index contributed by atoms with van der Waals surface area (Å²) < 4.78 is 12.0. The maximum atomic E-state index is 12.7. The third-order valence-corrected chi connectivity index (χ3v) is 8.28. The molecule has 0 bridgehead atoms. The number of fused-ring (bicyclic) bond motifs is 3. The summed E-state index contributed by atoms with van der Waals surface area (Å²) in [5.74, 6) is 1.99. The van der Waals surface area contributed by atoms with E-state index in [1.165, 1.54) is 32.1 Å². The lowest BCUT2D eigenvalue weighted by molar-refractivity contribution is -0.147. The fraction of sp³-hybridized carbons (Fsp3) is 0.952. The van der Waals surface area contributed by atoms with Gasteiger partial charge in [-0.15, -0.1) is 0 Å². The Balaban J connectivity index is 1.34. The number of piperidine rings is 1. The Morgan fingerprint density at radius 3 is 2.88 bits per heavy atom. The molecular weight excluding hydrogens is 314 g/mol. The number of ether oxygens (including phenoxy) is 2. The molecule has 2 aliphatic carbocycles. The highest BCUT2D eigenvalue weighted by atomic mass is 16.6. The van der Waals surface area contributed by atoms with Crippen LogP contribution in [0.4, 0.5) is 0 Å². The average molecular weight is 347 g/mol. The third-order valence-electron chi connectivity index (χ3n) is 8.28. The Morgan fingerprint density at radius 2 is 2.12 bits per heavy atom. The predicted octanol–water partition coefficient (Wildman–Crippen LogP) is 3.25. The van der Waals surface area contributed by atoms with Crippen molar-refractivity contribution in [2.45, 2.75) is 70.5 Å². The van der Waals surface area contributed by atoms with Gasteiger partial charge in [0.25, 0.3) is 0 Å². The van der Waals surface area contributed by atoms with E-state index < -0.39 is 0 Å². The maximum absolute atomic E-state index is 12.7. The number of esters is 1. The standard InChI is InChI=1S/C21H33NO3/c1-14-5-3-8-22(11-14)12-16-15-9-18-20(2,10-17(15)25-19(16)23)6-4-7-21(18)13-24-21/h14-18H,3-13H2,1-2H3/t14?,15-,16?,17-,18?,20-,21+/m1/s1. The van der Waals surface area contributed by atoms with Crippen LogP contribution in [0.25, 0.3) is 0 Å². The lowest BCUT2D eigenvalue weighted by Crippen LogP contribution is -2.51. The summed E-state index contributed by atoms with van der Waals surface area (Å²) in [6.45, 7) is 8.94. The van der Waals surface area contributed by atoms with Crippen molar-refractivity contribution in [3.05, 3.63) is 0 Å². The van der Waals surface area contributed by atoms with Gasteiger partial charge in [0.1, 0.15) is 6.10 Å². The fourth-order valence-electron chi connectivity index (χ4n) is 6.90. The number of rotatable bonds is 2. The molecule has 2 saturated carbocycles. The molecule has 5 rings (SSSR count). The molecule has 140 valence electrons. The van der Waals surface area contributed by atoms with Gasteiger partial charge in [-0.3, -0.25) is 4.79 Å². The number of hydrogen-bond acceptors (Lipinski definition) is 4. The van der Waals surface area contributed by atoms with E-state index in [2.05, 4.69) is 18.7 Å². The van der Waals surface area contributed by atoms with Crippen molar-refractivity contribution in [3.63, 3.8) is 0 Å². The summed E-state index contributed by atoms with van der Waals surface area (Å²) in [5.41, 5.74) is 0.471. The first-order chi connectivity index (χ1) is 12.0. The van der Waals surface area contributed by atoms with E-state index in [4.69, 9.17) is 9.47 Å². The van der Waals surface area contributed by atoms with Crippen LogP contribution in [0, 0.1) is 29.1 Å². The minimum absolute atomic E-state index is 0.0845. The smallest absolute Gasteiger partial charge is 0.310 e. The van der Waals surface area contributed by atoms with E-state index in [0.29, 0.717) is 17.3 Å². The van der Waals surface area contributed by atoms with Gasteiger partial charge in [0.15, 0.2) is 0 Å². The summed E-state index contributed by atoms with van der Waals surface area (Å²) in [6, 6.07) is 0. The Morgan fingerprint density at radius 1 is 1.28 bits per heavy atom. The van der Waals surface area contributed by atoms with Gasteiger partial charge in [-0.1, -0.05) is 13.8 Å². The number of nitrogens with zero attached hydrogens (tertiary/aromatic N) is 1. The van der Waals surface area contributed by atoms with Gasteiger partial charge in [0.05, 0.1) is 18.1 Å². The zero-order chi connectivity index (χ0) is 17.2. The Bertz CT molecular complexity index is 559. The van der Waals surface area contributed by atoms with E-state index in [1.807, 2.05) is 0 Å². The van der Waals surface area contributed by atoms with E-state index in [9.17, 15) is 4.79 Å². The van der Waals surface area contributed by atoms with E-state index in [-0.39, 0.29) is 23.6 Å². The van der Waals surface area contributed by atoms with E-state index in [0.717, 1.165) is 45.0 Å². The van der Waals surface area contributed by atoms with Crippen molar-refractivity contribution >= 4 is 5.97 Å². The molecule has 0 aromatic carbocycles. The minimum atomic E-state index is 0.0845. The van der Waals surface area contributed by atoms with Crippen LogP contribution in [0.5, 0.6) is 0 Å². The van der Waals surface area contributed by atoms with Crippen molar-refractivity contribution in [2.24, 2.45) is 29.1 Å². The normalized spacial score (nSPS) is 52.6. The zero-order valence-electron chi connectivity index (χ0n) is 15.8. The minimum Gasteiger partial charge on any atom is -0.462 e. The first-order valence-corrected chi connectivity index (χ1v) is 10.6. The molecule has 4 heteroatoms. The lowest BCUT2D eigenvalue weighted by atomic mass is 9.53. The van der Waals surface area contributed by atoms with Gasteiger partial charge in [0, 0.05) is 19.0 Å². The molecule has 5 aliphatic rings. The largest absolute Gasteiger partial charge is 0.462 e. The van der Waals surface area contributed by atoms with Crippen LogP contribution < -0.4 is 0 Å². The number of hydrogen-bond donors (Lipinski definition) is 0. The van der Waals surface area contributed by atoms with Crippen molar-refractivity contribution in [1.82, 2.24) is 4.90 Å². The Hall–Kier alpha value is -0.610. The predicted molar refractivity (Wildman–Crippen MR) is 95.1 cm³/mol. The van der Waals surface area contributed by atoms with Crippen LogP contribution in [0.1, 0.15) is 58.8 Å². The second kappa shape index (κ2) is 5.69. The van der Waals surface area contributed by atoms with Crippen molar-refractivity contribution in [3.8, 4) is 0 Å². The van der Waals surface area contributed by atoms with Crippen molar-refractivity contribution < 1.29 is 14.3 Å². The second-order valence-corrected chi connectivity index (χ2v) is 10.1. The number of epoxide rings is 1. The summed E-state index contributed by atoms with van der Waals surface area (Å²) in [5, 5.41) is 0. The maximum Gasteiger partial charge on any atom is 0.310 e. The number of carbonyl (C=O) groups excluding carboxylic acids is 1. The van der Waals surface area contributed by atoms with Crippen LogP contribution in [-0.4, -0.2) is 48.8 Å². The molecule has 5 fully saturated rings. The summed E-state index contributed by atoms with van der Waals surface area (Å²) in [6.07, 6.45) is 8.74. The molecule has 3 unspecified atom stereocenters. The monoisotopic (exact) mass is 347 g/mol. The van der Waals surface area contributed by atoms with Gasteiger partial charge >= 0.3 is 5.97 Å². The van der Waals surface area contributed by atoms with E-state index >= 15 is 0 Å². The Labute approximate surface area is 151 Å². The van der Waals surface area contributed by atoms with Gasteiger partial charge in [-0.2, -0.15) is 0 Å². The third kappa shape index (κ3) is 2.66. The van der Waals surface area contributed by atoms with Crippen molar-refractivity contribution in [2.75, 3.05) is 26.2 Å². The molecule has 0 N–H and O–H groups in total. The molecule has 0 aromatic rings. The lowest BCUT2D eigenvalue weighted by Gasteiger charge is -2.51. The first kappa shape index (κ1) is 16.6. The number of likely N-dealkylation sites (tertiary alicyclic amines) is 1. The summed E-state index contributed by atoms with van der Waals surface area (Å²) in [7, 11) is 0. The van der Waals surface area contributed by atoms with Crippen molar-refractivity contribution in [1.29, 1.82) is 0 Å². The van der Waals surface area contributed by atoms with E-state index in [1.54, 1.807) is 0 Å². The average Bonchev–Trinajstić information content (AvgIpc) is 3.26. The van der Waals surface area contributed by atoms with Gasteiger partial charge < -0.3 is 14.4 Å². The zero-order valence-corrected chi connectivity index (χ0v) is 15.8. The molecule has 25 heavy (non-hydrogen) atoms. The molecule has 0 aromatic heterocycles. The SMILES string of the molecule is CC1CCCN(CC2C(=O)O[C@@H]3C[C@@]4(C)CCC[C@]5(CO5)C4C[C@H]23)C1. The number of carbonyl (C=O) groups is 1. The fourth-order valence-corrected chi connectivity index (χ4v) is 6.90. The summed E-state index contributed by atoms with van der Waals surface area (Å²) in [4.78, 5) is 15.2. The molecule has 3 aliphatic heterocycles.